The van der Waals surface area contributed by atoms with Gasteiger partial charge in [-0.3, -0.25) is 0 Å². The number of thiophene rings is 1. The average molecular weight is 481 g/mol. The van der Waals surface area contributed by atoms with Gasteiger partial charge in [-0.25, -0.2) is 9.99 Å². The number of halogens is 3. The molecule has 33 heavy (non-hydrogen) atoms. The van der Waals surface area contributed by atoms with Gasteiger partial charge >= 0.3 is 0 Å². The first-order valence-corrected chi connectivity index (χ1v) is 11.9. The van der Waals surface area contributed by atoms with Crippen molar-refractivity contribution in [2.24, 2.45) is 11.0 Å². The number of pyridine rings is 1. The zero-order chi connectivity index (χ0) is 23.2. The minimum atomic E-state index is -3.13. The minimum absolute atomic E-state index is 0.193. The maximum Gasteiger partial charge on any atom is 0.297 e. The molecule has 0 saturated carbocycles. The van der Waals surface area contributed by atoms with Gasteiger partial charge in [0, 0.05) is 60.6 Å². The van der Waals surface area contributed by atoms with Crippen LogP contribution in [0.2, 0.25) is 0 Å². The standard InChI is InChI=1S/C23H27F3N4O2S/c1-15-17(12-30(28-15)21-16(13-31-2)4-3-7-27-21)11-29-8-5-22(6-9-29)20-18(10-19(24)33-20)23(25,26)14-32-22/h3-4,7,10,17H,5-6,8-9,11-14H2,1-2H3. The van der Waals surface area contributed by atoms with Gasteiger partial charge in [-0.1, -0.05) is 6.07 Å². The number of hydrogen-bond acceptors (Lipinski definition) is 7. The van der Waals surface area contributed by atoms with Gasteiger partial charge in [0.15, 0.2) is 10.9 Å². The molecule has 1 fully saturated rings. The fraction of sp³-hybridized carbons (Fsp3) is 0.565. The van der Waals surface area contributed by atoms with Crippen molar-refractivity contribution < 1.29 is 22.6 Å². The fourth-order valence-electron chi connectivity index (χ4n) is 5.03. The number of piperidine rings is 1. The Morgan fingerprint density at radius 3 is 2.85 bits per heavy atom. The molecule has 0 radical (unpaired) electrons. The Labute approximate surface area is 195 Å². The quantitative estimate of drug-likeness (QED) is 0.637. The second-order valence-corrected chi connectivity index (χ2v) is 10.0. The van der Waals surface area contributed by atoms with Gasteiger partial charge in [0.25, 0.3) is 5.92 Å². The fourth-order valence-corrected chi connectivity index (χ4v) is 6.17. The summed E-state index contributed by atoms with van der Waals surface area (Å²) >= 11 is 0.802. The van der Waals surface area contributed by atoms with E-state index >= 15 is 0 Å². The van der Waals surface area contributed by atoms with E-state index in [9.17, 15) is 13.2 Å². The smallest absolute Gasteiger partial charge is 0.297 e. The molecule has 0 aliphatic carbocycles. The summed E-state index contributed by atoms with van der Waals surface area (Å²) in [5, 5.41) is 6.10. The van der Waals surface area contributed by atoms with Crippen LogP contribution in [0, 0.1) is 11.0 Å². The second-order valence-electron chi connectivity index (χ2n) is 9.02. The summed E-state index contributed by atoms with van der Waals surface area (Å²) in [6, 6.07) is 4.86. The normalized spacial score (nSPS) is 24.2. The molecule has 0 bridgehead atoms. The molecule has 0 aromatic carbocycles. The predicted octanol–water partition coefficient (Wildman–Crippen LogP) is 4.35. The van der Waals surface area contributed by atoms with Crippen LogP contribution < -0.4 is 5.01 Å². The van der Waals surface area contributed by atoms with Crippen LogP contribution in [0.3, 0.4) is 0 Å². The molecule has 1 unspecified atom stereocenters. The number of fused-ring (bicyclic) bond motifs is 2. The van der Waals surface area contributed by atoms with Crippen LogP contribution in [0.1, 0.15) is 35.8 Å². The van der Waals surface area contributed by atoms with Gasteiger partial charge < -0.3 is 14.4 Å². The van der Waals surface area contributed by atoms with Crippen molar-refractivity contribution >= 4 is 22.9 Å². The molecule has 2 aromatic rings. The number of aromatic nitrogens is 1. The molecule has 1 saturated heterocycles. The highest BCUT2D eigenvalue weighted by atomic mass is 32.1. The lowest BCUT2D eigenvalue weighted by Crippen LogP contribution is -2.50. The topological polar surface area (TPSA) is 50.2 Å². The highest BCUT2D eigenvalue weighted by Gasteiger charge is 2.52. The van der Waals surface area contributed by atoms with Crippen molar-refractivity contribution in [2.75, 3.05) is 44.9 Å². The van der Waals surface area contributed by atoms with Crippen molar-refractivity contribution in [3.63, 3.8) is 0 Å². The van der Waals surface area contributed by atoms with Crippen LogP contribution in [-0.2, 0) is 27.6 Å². The van der Waals surface area contributed by atoms with Gasteiger partial charge in [0.1, 0.15) is 12.2 Å². The number of anilines is 1. The number of alkyl halides is 2. The van der Waals surface area contributed by atoms with E-state index in [0.717, 1.165) is 47.6 Å². The first-order chi connectivity index (χ1) is 15.8. The van der Waals surface area contributed by atoms with Crippen LogP contribution >= 0.6 is 11.3 Å². The maximum absolute atomic E-state index is 14.3. The van der Waals surface area contributed by atoms with Crippen molar-refractivity contribution in [3.8, 4) is 0 Å². The largest absolute Gasteiger partial charge is 0.380 e. The van der Waals surface area contributed by atoms with Crippen molar-refractivity contribution in [2.45, 2.75) is 37.9 Å². The third-order valence-electron chi connectivity index (χ3n) is 6.86. The Morgan fingerprint density at radius 1 is 1.30 bits per heavy atom. The number of nitrogens with zero attached hydrogens (tertiary/aromatic N) is 4. The average Bonchev–Trinajstić information content (AvgIpc) is 3.37. The van der Waals surface area contributed by atoms with Crippen LogP contribution in [0.25, 0.3) is 0 Å². The monoisotopic (exact) mass is 480 g/mol. The van der Waals surface area contributed by atoms with E-state index in [2.05, 4.69) is 9.88 Å². The number of likely N-dealkylation sites (tertiary alicyclic amines) is 1. The third kappa shape index (κ3) is 4.18. The summed E-state index contributed by atoms with van der Waals surface area (Å²) in [6.45, 7) is 4.76. The molecular formula is C23H27F3N4O2S. The number of methoxy groups -OCH3 is 1. The van der Waals surface area contributed by atoms with Crippen molar-refractivity contribution in [1.29, 1.82) is 0 Å². The first-order valence-electron chi connectivity index (χ1n) is 11.1. The zero-order valence-corrected chi connectivity index (χ0v) is 19.5. The summed E-state index contributed by atoms with van der Waals surface area (Å²) < 4.78 is 53.5. The molecular weight excluding hydrogens is 453 g/mol. The minimum Gasteiger partial charge on any atom is -0.380 e. The van der Waals surface area contributed by atoms with Crippen LogP contribution in [0.5, 0.6) is 0 Å². The SMILES string of the molecule is COCc1cccnc1N1CC(CN2CCC3(CC2)OCC(F)(F)c2cc(F)sc23)C(C)=N1. The van der Waals surface area contributed by atoms with E-state index in [4.69, 9.17) is 14.6 Å². The summed E-state index contributed by atoms with van der Waals surface area (Å²) in [5.74, 6) is -2.09. The van der Waals surface area contributed by atoms with Gasteiger partial charge in [-0.2, -0.15) is 18.3 Å². The molecule has 0 N–H and O–H groups in total. The Balaban J connectivity index is 1.24. The van der Waals surface area contributed by atoms with E-state index in [-0.39, 0.29) is 11.5 Å². The van der Waals surface area contributed by atoms with E-state index in [1.165, 1.54) is 0 Å². The summed E-state index contributed by atoms with van der Waals surface area (Å²) in [5.41, 5.74) is 1.03. The van der Waals surface area contributed by atoms with Crippen LogP contribution in [0.15, 0.2) is 29.5 Å². The lowest BCUT2D eigenvalue weighted by molar-refractivity contribution is -0.181. The molecule has 2 aromatic heterocycles. The summed E-state index contributed by atoms with van der Waals surface area (Å²) in [7, 11) is 1.66. The zero-order valence-electron chi connectivity index (χ0n) is 18.7. The number of hydrogen-bond donors (Lipinski definition) is 0. The molecule has 3 aliphatic heterocycles. The molecule has 5 rings (SSSR count). The van der Waals surface area contributed by atoms with Crippen LogP contribution in [0.4, 0.5) is 19.0 Å². The molecule has 3 aliphatic rings. The van der Waals surface area contributed by atoms with E-state index in [0.29, 0.717) is 37.4 Å². The Hall–Kier alpha value is -2.01. The summed E-state index contributed by atoms with van der Waals surface area (Å²) in [4.78, 5) is 7.19. The number of hydrazone groups is 1. The Kier molecular flexibility index (Phi) is 5.97. The first kappa shape index (κ1) is 22.8. The summed E-state index contributed by atoms with van der Waals surface area (Å²) in [6.07, 6.45) is 2.90. The lowest BCUT2D eigenvalue weighted by Gasteiger charge is -2.45. The highest BCUT2D eigenvalue weighted by molar-refractivity contribution is 7.10. The lowest BCUT2D eigenvalue weighted by atomic mass is 9.84. The van der Waals surface area contributed by atoms with Gasteiger partial charge in [-0.15, -0.1) is 11.3 Å². The molecule has 178 valence electrons. The Bertz CT molecular complexity index is 1050. The third-order valence-corrected chi connectivity index (χ3v) is 7.97. The number of rotatable bonds is 5. The molecule has 1 spiro atoms. The maximum atomic E-state index is 14.3. The van der Waals surface area contributed by atoms with Gasteiger partial charge in [-0.05, 0) is 31.9 Å². The highest BCUT2D eigenvalue weighted by Crippen LogP contribution is 2.51. The van der Waals surface area contributed by atoms with E-state index in [1.807, 2.05) is 24.1 Å². The van der Waals surface area contributed by atoms with Crippen LogP contribution in [-0.4, -0.2) is 55.5 Å². The predicted molar refractivity (Wildman–Crippen MR) is 120 cm³/mol. The van der Waals surface area contributed by atoms with Gasteiger partial charge in [0.2, 0.25) is 0 Å². The molecule has 5 heterocycles. The molecule has 1 atom stereocenters. The Morgan fingerprint density at radius 2 is 2.09 bits per heavy atom. The molecule has 0 amide bonds. The molecule has 10 heteroatoms. The molecule has 6 nitrogen and oxygen atoms in total. The number of ether oxygens (including phenoxy) is 2. The second kappa shape index (κ2) is 8.65. The van der Waals surface area contributed by atoms with E-state index < -0.39 is 23.3 Å². The van der Waals surface area contributed by atoms with E-state index in [1.54, 1.807) is 13.3 Å². The van der Waals surface area contributed by atoms with Crippen molar-refractivity contribution in [3.05, 3.63) is 45.5 Å². The van der Waals surface area contributed by atoms with Crippen molar-refractivity contribution in [1.82, 2.24) is 9.88 Å². The van der Waals surface area contributed by atoms with Gasteiger partial charge in [0.05, 0.1) is 13.2 Å².